The topological polar surface area (TPSA) is 133 Å². The molecule has 260 valence electrons. The second kappa shape index (κ2) is 13.2. The van der Waals surface area contributed by atoms with Crippen molar-refractivity contribution in [2.24, 2.45) is 18.7 Å². The molecule has 1 aliphatic carbocycles. The van der Waals surface area contributed by atoms with Gasteiger partial charge >= 0.3 is 0 Å². The number of piperidine rings is 1. The first-order valence-corrected chi connectivity index (χ1v) is 18.1. The van der Waals surface area contributed by atoms with Crippen molar-refractivity contribution in [3.63, 3.8) is 0 Å². The minimum Gasteiger partial charge on any atom is -0.494 e. The Morgan fingerprint density at radius 1 is 1.00 bits per heavy atom. The zero-order valence-electron chi connectivity index (χ0n) is 29.1. The van der Waals surface area contributed by atoms with Crippen LogP contribution in [0.3, 0.4) is 0 Å². The lowest BCUT2D eigenvalue weighted by atomic mass is 9.94. The molecule has 4 aromatic heterocycles. The molecule has 11 heteroatoms. The van der Waals surface area contributed by atoms with Gasteiger partial charge in [0.05, 0.1) is 41.7 Å². The Bertz CT molecular complexity index is 2070. The lowest BCUT2D eigenvalue weighted by Crippen LogP contribution is -2.51. The van der Waals surface area contributed by atoms with Crippen LogP contribution in [0.25, 0.3) is 33.6 Å². The van der Waals surface area contributed by atoms with Crippen molar-refractivity contribution in [2.45, 2.75) is 88.9 Å². The number of methoxy groups -OCH3 is 1. The number of imidazole rings is 1. The van der Waals surface area contributed by atoms with Gasteiger partial charge in [-0.2, -0.15) is 0 Å². The number of amides is 2. The van der Waals surface area contributed by atoms with Crippen molar-refractivity contribution < 1.29 is 14.3 Å². The lowest BCUT2D eigenvalue weighted by molar-refractivity contribution is -0.123. The number of nitrogens with one attached hydrogen (secondary N) is 1. The number of fused-ring (bicyclic) bond motifs is 4. The molecule has 6 heterocycles. The fourth-order valence-electron chi connectivity index (χ4n) is 8.57. The highest BCUT2D eigenvalue weighted by atomic mass is 16.5. The molecule has 5 aromatic rings. The largest absolute Gasteiger partial charge is 0.494 e. The van der Waals surface area contributed by atoms with Crippen LogP contribution in [0.15, 0.2) is 54.7 Å². The average Bonchev–Trinajstić information content (AvgIpc) is 3.82. The summed E-state index contributed by atoms with van der Waals surface area (Å²) in [5.41, 5.74) is 12.0. The minimum absolute atomic E-state index is 0.00947. The first-order chi connectivity index (χ1) is 24.3. The number of pyridine rings is 2. The Kier molecular flexibility index (Phi) is 8.54. The molecule has 8 rings (SSSR count). The molecule has 1 saturated carbocycles. The predicted molar refractivity (Wildman–Crippen MR) is 193 cm³/mol. The normalized spacial score (nSPS) is 24.4. The third-order valence-corrected chi connectivity index (χ3v) is 11.3. The van der Waals surface area contributed by atoms with Gasteiger partial charge in [0, 0.05) is 49.4 Å². The van der Waals surface area contributed by atoms with Gasteiger partial charge in [-0.3, -0.25) is 14.6 Å². The maximum Gasteiger partial charge on any atom is 0.254 e. The number of rotatable bonds is 4. The number of carbonyl (C=O) groups is 2. The molecule has 1 saturated heterocycles. The third-order valence-electron chi connectivity index (χ3n) is 11.3. The van der Waals surface area contributed by atoms with E-state index in [1.165, 1.54) is 0 Å². The fourth-order valence-corrected chi connectivity index (χ4v) is 8.57. The summed E-state index contributed by atoms with van der Waals surface area (Å²) in [6.07, 6.45) is 9.53. The Morgan fingerprint density at radius 3 is 2.68 bits per heavy atom. The van der Waals surface area contributed by atoms with E-state index < -0.39 is 0 Å². The molecular formula is C39H46N8O3. The highest BCUT2D eigenvalue weighted by Crippen LogP contribution is 2.39. The Labute approximate surface area is 292 Å². The van der Waals surface area contributed by atoms with E-state index >= 15 is 0 Å². The quantitative estimate of drug-likeness (QED) is 0.244. The number of aryl methyl sites for hydroxylation is 2. The molecular weight excluding hydrogens is 628 g/mol. The molecule has 2 aliphatic heterocycles. The van der Waals surface area contributed by atoms with Gasteiger partial charge in [-0.1, -0.05) is 25.3 Å². The van der Waals surface area contributed by atoms with Crippen LogP contribution in [0.4, 0.5) is 0 Å². The lowest BCUT2D eigenvalue weighted by Gasteiger charge is -2.37. The standard InChI is InChI=1S/C39H46N8O3/c1-23-30-15-13-25-20-33(46(36(25)43-30)17-9-5-4-6-10-28(38(48)42-23)31-11-7-8-16-41-31)37-44-32-19-26(21-34(50-3)35(32)45(37)2)39(49)47-22-29(40)24-12-14-27(47)18-24/h7-8,11,13,15-16,19-21,23-24,27-29H,4-6,9-10,12,14,17-18,22,40H2,1-3H3,(H,42,48)/t23-,24-,27+,28+,29+/m1/s1. The molecule has 3 N–H and O–H groups in total. The van der Waals surface area contributed by atoms with Crippen molar-refractivity contribution >= 4 is 33.9 Å². The third kappa shape index (κ3) is 5.71. The zero-order valence-corrected chi connectivity index (χ0v) is 29.1. The van der Waals surface area contributed by atoms with E-state index in [1.807, 2.05) is 55.3 Å². The van der Waals surface area contributed by atoms with Crippen molar-refractivity contribution in [1.29, 1.82) is 0 Å². The number of benzene rings is 1. The Hall–Kier alpha value is -4.77. The smallest absolute Gasteiger partial charge is 0.254 e. The zero-order chi connectivity index (χ0) is 34.5. The fraction of sp³-hybridized carbons (Fsp3) is 0.462. The number of likely N-dealkylation sites (tertiary alicyclic amines) is 1. The number of aromatic nitrogens is 5. The molecule has 0 spiro atoms. The predicted octanol–water partition coefficient (Wildman–Crippen LogP) is 5.87. The Balaban J connectivity index is 1.16. The van der Waals surface area contributed by atoms with E-state index in [0.717, 1.165) is 97.4 Å². The van der Waals surface area contributed by atoms with Crippen molar-refractivity contribution in [3.05, 3.63) is 71.7 Å². The van der Waals surface area contributed by atoms with E-state index in [0.29, 0.717) is 29.3 Å². The number of carbonyl (C=O) groups excluding carboxylic acids is 2. The molecule has 0 radical (unpaired) electrons. The van der Waals surface area contributed by atoms with Gasteiger partial charge < -0.3 is 29.8 Å². The van der Waals surface area contributed by atoms with Gasteiger partial charge in [-0.05, 0) is 87.4 Å². The van der Waals surface area contributed by atoms with Crippen molar-refractivity contribution in [2.75, 3.05) is 13.7 Å². The van der Waals surface area contributed by atoms with Crippen LogP contribution < -0.4 is 15.8 Å². The number of nitrogens with two attached hydrogens (primary N) is 1. The van der Waals surface area contributed by atoms with Crippen LogP contribution in [0.5, 0.6) is 5.75 Å². The summed E-state index contributed by atoms with van der Waals surface area (Å²) in [4.78, 5) is 44.3. The molecule has 1 aromatic carbocycles. The summed E-state index contributed by atoms with van der Waals surface area (Å²) >= 11 is 0. The van der Waals surface area contributed by atoms with E-state index in [1.54, 1.807) is 13.3 Å². The number of ether oxygens (including phenoxy) is 1. The van der Waals surface area contributed by atoms with Gasteiger partial charge in [0.25, 0.3) is 5.91 Å². The first kappa shape index (κ1) is 32.4. The molecule has 3 aliphatic rings. The summed E-state index contributed by atoms with van der Waals surface area (Å²) in [5, 5.41) is 4.24. The van der Waals surface area contributed by atoms with Crippen molar-refractivity contribution in [1.82, 2.24) is 34.3 Å². The van der Waals surface area contributed by atoms with Crippen LogP contribution in [-0.2, 0) is 18.4 Å². The van der Waals surface area contributed by atoms with Crippen LogP contribution in [0.1, 0.15) is 92.0 Å². The molecule has 4 bridgehead atoms. The summed E-state index contributed by atoms with van der Waals surface area (Å²) in [6.45, 7) is 3.35. The Morgan fingerprint density at radius 2 is 1.86 bits per heavy atom. The summed E-state index contributed by atoms with van der Waals surface area (Å²) in [7, 11) is 3.64. The molecule has 2 fully saturated rings. The van der Waals surface area contributed by atoms with Crippen LogP contribution in [-0.4, -0.2) is 66.5 Å². The van der Waals surface area contributed by atoms with E-state index in [-0.39, 0.29) is 35.9 Å². The van der Waals surface area contributed by atoms with Gasteiger partial charge in [0.15, 0.2) is 5.82 Å². The van der Waals surface area contributed by atoms with E-state index in [9.17, 15) is 9.59 Å². The van der Waals surface area contributed by atoms with Crippen LogP contribution in [0.2, 0.25) is 0 Å². The van der Waals surface area contributed by atoms with Crippen molar-refractivity contribution in [3.8, 4) is 17.3 Å². The van der Waals surface area contributed by atoms with Gasteiger partial charge in [-0.25, -0.2) is 9.97 Å². The summed E-state index contributed by atoms with van der Waals surface area (Å²) < 4.78 is 10.2. The molecule has 2 amide bonds. The molecule has 5 atom stereocenters. The SMILES string of the molecule is COc1cc(C(=O)N2C[C@H](N)[C@@H]3CC[C@H]2C3)cc2nc(-c3cc4ccc5nc4n3CCCCCC[C@@H](c3ccccn3)C(=O)N[C@@H]5C)n(C)c12. The number of hydrogen-bond donors (Lipinski definition) is 2. The maximum atomic E-state index is 13.9. The van der Waals surface area contributed by atoms with Crippen LogP contribution in [0, 0.1) is 5.92 Å². The van der Waals surface area contributed by atoms with Gasteiger partial charge in [-0.15, -0.1) is 0 Å². The van der Waals surface area contributed by atoms with E-state index in [4.69, 9.17) is 20.4 Å². The second-order valence-electron chi connectivity index (χ2n) is 14.5. The monoisotopic (exact) mass is 674 g/mol. The van der Waals surface area contributed by atoms with Crippen LogP contribution >= 0.6 is 0 Å². The van der Waals surface area contributed by atoms with E-state index in [2.05, 4.69) is 31.6 Å². The average molecular weight is 675 g/mol. The maximum absolute atomic E-state index is 13.9. The van der Waals surface area contributed by atoms with Gasteiger partial charge in [0.2, 0.25) is 5.91 Å². The van der Waals surface area contributed by atoms with Gasteiger partial charge in [0.1, 0.15) is 16.9 Å². The highest BCUT2D eigenvalue weighted by Gasteiger charge is 2.41. The second-order valence-corrected chi connectivity index (χ2v) is 14.5. The number of nitrogens with zero attached hydrogens (tertiary/aromatic N) is 6. The first-order valence-electron chi connectivity index (χ1n) is 18.1. The summed E-state index contributed by atoms with van der Waals surface area (Å²) in [5.74, 6) is 1.59. The number of hydrogen-bond acceptors (Lipinski definition) is 7. The molecule has 50 heavy (non-hydrogen) atoms. The molecule has 0 unspecified atom stereocenters. The highest BCUT2D eigenvalue weighted by molar-refractivity contribution is 6.00. The summed E-state index contributed by atoms with van der Waals surface area (Å²) in [6, 6.07) is 15.7. The molecule has 11 nitrogen and oxygen atoms in total. The minimum atomic E-state index is -0.293.